The van der Waals surface area contributed by atoms with Crippen LogP contribution in [0.25, 0.3) is 0 Å². The maximum atomic E-state index is 11.5. The highest BCUT2D eigenvalue weighted by molar-refractivity contribution is 9.10. The smallest absolute Gasteiger partial charge is 0.235 e. The molecule has 0 spiro atoms. The van der Waals surface area contributed by atoms with E-state index in [1.54, 1.807) is 12.1 Å². The molecule has 1 rings (SSSR count). The summed E-state index contributed by atoms with van der Waals surface area (Å²) in [6, 6.07) is 4.84. The van der Waals surface area contributed by atoms with Gasteiger partial charge in [0.1, 0.15) is 0 Å². The zero-order chi connectivity index (χ0) is 12.2. The quantitative estimate of drug-likeness (QED) is 0.903. The molecule has 7 heteroatoms. The van der Waals surface area contributed by atoms with E-state index in [1.807, 2.05) is 0 Å². The number of rotatable bonds is 5. The fraction of sp³-hybridized carbons (Fsp3) is 0.333. The first kappa shape index (κ1) is 13.8. The molecule has 0 aromatic heterocycles. The van der Waals surface area contributed by atoms with Gasteiger partial charge in [0, 0.05) is 11.6 Å². The van der Waals surface area contributed by atoms with Gasteiger partial charge >= 0.3 is 0 Å². The average Bonchev–Trinajstić information content (AvgIpc) is 2.20. The van der Waals surface area contributed by atoms with Crippen LogP contribution < -0.4 is 4.72 Å². The molecule has 0 unspecified atom stereocenters. The minimum atomic E-state index is -3.38. The van der Waals surface area contributed by atoms with Crippen LogP contribution in [-0.4, -0.2) is 27.9 Å². The Bertz CT molecular complexity index is 464. The van der Waals surface area contributed by atoms with Crippen molar-refractivity contribution in [3.63, 3.8) is 0 Å². The fourth-order valence-electron chi connectivity index (χ4n) is 0.983. The van der Waals surface area contributed by atoms with E-state index < -0.39 is 10.0 Å². The Morgan fingerprint density at radius 2 is 2.19 bits per heavy atom. The van der Waals surface area contributed by atoms with Gasteiger partial charge in [-0.25, -0.2) is 8.42 Å². The third-order valence-corrected chi connectivity index (χ3v) is 4.23. The first-order valence-corrected chi connectivity index (χ1v) is 7.21. The van der Waals surface area contributed by atoms with E-state index in [0.29, 0.717) is 15.2 Å². The topological polar surface area (TPSA) is 55.4 Å². The van der Waals surface area contributed by atoms with Gasteiger partial charge < -0.3 is 4.74 Å². The molecule has 90 valence electrons. The first-order valence-electron chi connectivity index (χ1n) is 4.39. The Morgan fingerprint density at radius 3 is 2.75 bits per heavy atom. The lowest BCUT2D eigenvalue weighted by Gasteiger charge is -2.08. The summed E-state index contributed by atoms with van der Waals surface area (Å²) in [6.07, 6.45) is 0. The van der Waals surface area contributed by atoms with Crippen molar-refractivity contribution in [2.24, 2.45) is 0 Å². The monoisotopic (exact) mass is 327 g/mol. The Kier molecular flexibility index (Phi) is 5.04. The second-order valence-corrected chi connectivity index (χ2v) is 6.15. The van der Waals surface area contributed by atoms with Crippen molar-refractivity contribution in [1.82, 2.24) is 0 Å². The van der Waals surface area contributed by atoms with E-state index >= 15 is 0 Å². The summed E-state index contributed by atoms with van der Waals surface area (Å²) in [6.45, 7) is 0.152. The molecule has 0 aliphatic heterocycles. The third-order valence-electron chi connectivity index (χ3n) is 1.75. The Hall–Kier alpha value is -0.300. The number of hydrogen-bond donors (Lipinski definition) is 1. The first-order chi connectivity index (χ1) is 7.44. The van der Waals surface area contributed by atoms with Crippen LogP contribution in [0.4, 0.5) is 5.69 Å². The van der Waals surface area contributed by atoms with Gasteiger partial charge in [0.15, 0.2) is 0 Å². The van der Waals surface area contributed by atoms with Crippen molar-refractivity contribution >= 4 is 43.2 Å². The molecule has 0 aliphatic rings. The van der Waals surface area contributed by atoms with E-state index in [1.165, 1.54) is 13.2 Å². The molecule has 0 bridgehead atoms. The SMILES string of the molecule is COCCS(=O)(=O)Nc1ccc(Br)c(Cl)c1. The van der Waals surface area contributed by atoms with Crippen LogP contribution in [0.5, 0.6) is 0 Å². The van der Waals surface area contributed by atoms with Crippen molar-refractivity contribution in [3.05, 3.63) is 27.7 Å². The molecule has 1 N–H and O–H groups in total. The van der Waals surface area contributed by atoms with Crippen molar-refractivity contribution in [3.8, 4) is 0 Å². The number of ether oxygens (including phenoxy) is 1. The standard InChI is InChI=1S/C9H11BrClNO3S/c1-15-4-5-16(13,14)12-7-2-3-8(10)9(11)6-7/h2-3,6,12H,4-5H2,1H3. The summed E-state index contributed by atoms with van der Waals surface area (Å²) >= 11 is 9.06. The van der Waals surface area contributed by atoms with Gasteiger partial charge in [0.25, 0.3) is 0 Å². The zero-order valence-electron chi connectivity index (χ0n) is 8.54. The molecule has 0 aliphatic carbocycles. The van der Waals surface area contributed by atoms with Gasteiger partial charge in [-0.3, -0.25) is 4.72 Å². The van der Waals surface area contributed by atoms with Crippen LogP contribution in [0.1, 0.15) is 0 Å². The fourth-order valence-corrected chi connectivity index (χ4v) is 2.38. The van der Waals surface area contributed by atoms with Crippen LogP contribution in [-0.2, 0) is 14.8 Å². The highest BCUT2D eigenvalue weighted by atomic mass is 79.9. The van der Waals surface area contributed by atoms with E-state index in [4.69, 9.17) is 16.3 Å². The number of sulfonamides is 1. The average molecular weight is 329 g/mol. The third kappa shape index (κ3) is 4.29. The minimum absolute atomic E-state index is 0.0861. The van der Waals surface area contributed by atoms with E-state index in [2.05, 4.69) is 20.7 Å². The van der Waals surface area contributed by atoms with Crippen LogP contribution in [0.15, 0.2) is 22.7 Å². The van der Waals surface area contributed by atoms with Crippen LogP contribution >= 0.6 is 27.5 Å². The Morgan fingerprint density at radius 1 is 1.50 bits per heavy atom. The molecule has 0 heterocycles. The lowest BCUT2D eigenvalue weighted by Crippen LogP contribution is -2.19. The van der Waals surface area contributed by atoms with Crippen LogP contribution in [0.3, 0.4) is 0 Å². The summed E-state index contributed by atoms with van der Waals surface area (Å²) in [4.78, 5) is 0. The van der Waals surface area contributed by atoms with Crippen molar-refractivity contribution in [1.29, 1.82) is 0 Å². The Labute approximate surface area is 108 Å². The summed E-state index contributed by atoms with van der Waals surface area (Å²) in [5.41, 5.74) is 0.435. The number of nitrogens with one attached hydrogen (secondary N) is 1. The number of hydrogen-bond acceptors (Lipinski definition) is 3. The summed E-state index contributed by atoms with van der Waals surface area (Å²) in [5, 5.41) is 0.451. The molecule has 0 atom stereocenters. The van der Waals surface area contributed by atoms with Gasteiger partial charge in [0.2, 0.25) is 10.0 Å². The lowest BCUT2D eigenvalue weighted by atomic mass is 10.3. The molecule has 1 aromatic rings. The molecule has 1 aromatic carbocycles. The predicted molar refractivity (Wildman–Crippen MR) is 68.4 cm³/mol. The number of anilines is 1. The molecule has 4 nitrogen and oxygen atoms in total. The largest absolute Gasteiger partial charge is 0.384 e. The van der Waals surface area contributed by atoms with E-state index in [0.717, 1.165) is 0 Å². The van der Waals surface area contributed by atoms with Gasteiger partial charge in [-0.15, -0.1) is 0 Å². The molecule has 0 saturated heterocycles. The van der Waals surface area contributed by atoms with Gasteiger partial charge in [0.05, 0.1) is 23.1 Å². The minimum Gasteiger partial charge on any atom is -0.384 e. The second kappa shape index (κ2) is 5.86. The molecular weight excluding hydrogens is 318 g/mol. The zero-order valence-corrected chi connectivity index (χ0v) is 11.7. The molecule has 0 amide bonds. The highest BCUT2D eigenvalue weighted by Crippen LogP contribution is 2.25. The van der Waals surface area contributed by atoms with Crippen molar-refractivity contribution < 1.29 is 13.2 Å². The van der Waals surface area contributed by atoms with Gasteiger partial charge in [-0.05, 0) is 34.1 Å². The molecule has 0 fully saturated rings. The van der Waals surface area contributed by atoms with E-state index in [-0.39, 0.29) is 12.4 Å². The van der Waals surface area contributed by atoms with Gasteiger partial charge in [-0.1, -0.05) is 11.6 Å². The maximum Gasteiger partial charge on any atom is 0.235 e. The van der Waals surface area contributed by atoms with Gasteiger partial charge in [-0.2, -0.15) is 0 Å². The summed E-state index contributed by atoms with van der Waals surface area (Å²) < 4.78 is 30.8. The van der Waals surface area contributed by atoms with Crippen molar-refractivity contribution in [2.45, 2.75) is 0 Å². The van der Waals surface area contributed by atoms with E-state index in [9.17, 15) is 8.42 Å². The molecule has 0 saturated carbocycles. The van der Waals surface area contributed by atoms with Crippen LogP contribution in [0.2, 0.25) is 5.02 Å². The maximum absolute atomic E-state index is 11.5. The molecular formula is C9H11BrClNO3S. The highest BCUT2D eigenvalue weighted by Gasteiger charge is 2.10. The second-order valence-electron chi connectivity index (χ2n) is 3.04. The molecule has 16 heavy (non-hydrogen) atoms. The Balaban J connectivity index is 2.76. The number of methoxy groups -OCH3 is 1. The normalized spacial score (nSPS) is 11.4. The summed E-state index contributed by atoms with van der Waals surface area (Å²) in [5.74, 6) is -0.0861. The summed E-state index contributed by atoms with van der Waals surface area (Å²) in [7, 11) is -1.92. The lowest BCUT2D eigenvalue weighted by molar-refractivity contribution is 0.217. The molecule has 0 radical (unpaired) electrons. The number of halogens is 2. The predicted octanol–water partition coefficient (Wildman–Crippen LogP) is 2.49. The van der Waals surface area contributed by atoms with Crippen LogP contribution in [0, 0.1) is 0 Å². The van der Waals surface area contributed by atoms with Crippen molar-refractivity contribution in [2.75, 3.05) is 24.2 Å². The number of benzene rings is 1.